The number of nitrogens with one attached hydrogen (secondary N) is 1. The maximum absolute atomic E-state index is 12.3. The van der Waals surface area contributed by atoms with Gasteiger partial charge in [-0.1, -0.05) is 24.3 Å². The highest BCUT2D eigenvalue weighted by Crippen LogP contribution is 2.26. The number of benzene rings is 1. The Bertz CT molecular complexity index is 859. The minimum absolute atomic E-state index is 0.0900. The average molecular weight is 342 g/mol. The van der Waals surface area contributed by atoms with Crippen LogP contribution in [0.3, 0.4) is 0 Å². The molecule has 0 saturated heterocycles. The predicted molar refractivity (Wildman–Crippen MR) is 89.5 cm³/mol. The number of carbonyl (C=O) groups is 2. The van der Waals surface area contributed by atoms with Gasteiger partial charge in [0.1, 0.15) is 18.2 Å². The van der Waals surface area contributed by atoms with Gasteiger partial charge in [0.05, 0.1) is 6.61 Å². The molecule has 1 amide bonds. The van der Waals surface area contributed by atoms with Crippen molar-refractivity contribution in [3.63, 3.8) is 0 Å². The van der Waals surface area contributed by atoms with Gasteiger partial charge in [-0.2, -0.15) is 0 Å². The van der Waals surface area contributed by atoms with Crippen LogP contribution in [0.5, 0.6) is 0 Å². The maximum atomic E-state index is 12.3. The zero-order valence-corrected chi connectivity index (χ0v) is 13.5. The van der Waals surface area contributed by atoms with Crippen LogP contribution >= 0.6 is 0 Å². The SMILES string of the molecule is O=C(O)Cn1cccc(C(=O)NCC2OCCc3ccccc32)c1=O. The third-order valence-corrected chi connectivity index (χ3v) is 4.11. The molecule has 2 N–H and O–H groups in total. The monoisotopic (exact) mass is 342 g/mol. The summed E-state index contributed by atoms with van der Waals surface area (Å²) in [4.78, 5) is 35.3. The molecule has 1 aliphatic heterocycles. The van der Waals surface area contributed by atoms with E-state index in [1.165, 1.54) is 23.9 Å². The largest absolute Gasteiger partial charge is 0.480 e. The van der Waals surface area contributed by atoms with Crippen LogP contribution in [0.4, 0.5) is 0 Å². The van der Waals surface area contributed by atoms with Gasteiger partial charge in [0.25, 0.3) is 11.5 Å². The molecule has 0 spiro atoms. The molecular weight excluding hydrogens is 324 g/mol. The van der Waals surface area contributed by atoms with Gasteiger partial charge >= 0.3 is 5.97 Å². The van der Waals surface area contributed by atoms with Gasteiger partial charge in [0.15, 0.2) is 0 Å². The smallest absolute Gasteiger partial charge is 0.323 e. The Morgan fingerprint density at radius 2 is 2.04 bits per heavy atom. The van der Waals surface area contributed by atoms with Gasteiger partial charge in [-0.05, 0) is 29.7 Å². The molecule has 130 valence electrons. The zero-order chi connectivity index (χ0) is 17.8. The van der Waals surface area contributed by atoms with Crippen molar-refractivity contribution < 1.29 is 19.4 Å². The molecule has 0 bridgehead atoms. The maximum Gasteiger partial charge on any atom is 0.323 e. The van der Waals surface area contributed by atoms with E-state index >= 15 is 0 Å². The van der Waals surface area contributed by atoms with E-state index in [1.54, 1.807) is 0 Å². The first-order valence-corrected chi connectivity index (χ1v) is 7.95. The van der Waals surface area contributed by atoms with E-state index in [4.69, 9.17) is 9.84 Å². The van der Waals surface area contributed by atoms with Gasteiger partial charge in [-0.15, -0.1) is 0 Å². The summed E-state index contributed by atoms with van der Waals surface area (Å²) in [5, 5.41) is 11.5. The Kier molecular flexibility index (Phi) is 4.95. The standard InChI is InChI=1S/C18H18N2O5/c21-16(22)11-20-8-3-6-14(18(20)24)17(23)19-10-15-13-5-2-1-4-12(13)7-9-25-15/h1-6,8,15H,7,9-11H2,(H,19,23)(H,21,22). The number of aliphatic carboxylic acids is 1. The molecule has 1 unspecified atom stereocenters. The first-order chi connectivity index (χ1) is 12.1. The second-order valence-corrected chi connectivity index (χ2v) is 5.77. The number of rotatable bonds is 5. The molecule has 1 aromatic carbocycles. The summed E-state index contributed by atoms with van der Waals surface area (Å²) in [7, 11) is 0. The minimum Gasteiger partial charge on any atom is -0.480 e. The second kappa shape index (κ2) is 7.31. The summed E-state index contributed by atoms with van der Waals surface area (Å²) in [6.45, 7) is 0.330. The van der Waals surface area contributed by atoms with Crippen molar-refractivity contribution in [2.45, 2.75) is 19.1 Å². The summed E-state index contributed by atoms with van der Waals surface area (Å²) in [6.07, 6.45) is 1.91. The lowest BCUT2D eigenvalue weighted by Gasteiger charge is -2.26. The number of ether oxygens (including phenoxy) is 1. The molecule has 0 aliphatic carbocycles. The number of amides is 1. The molecule has 2 heterocycles. The van der Waals surface area contributed by atoms with Gasteiger partial charge in [-0.25, -0.2) is 0 Å². The highest BCUT2D eigenvalue weighted by Gasteiger charge is 2.22. The first kappa shape index (κ1) is 16.9. The number of pyridine rings is 1. The minimum atomic E-state index is -1.15. The molecule has 2 aromatic rings. The fourth-order valence-corrected chi connectivity index (χ4v) is 2.91. The van der Waals surface area contributed by atoms with E-state index in [1.807, 2.05) is 24.3 Å². The van der Waals surface area contributed by atoms with Crippen molar-refractivity contribution in [2.24, 2.45) is 0 Å². The van der Waals surface area contributed by atoms with Crippen molar-refractivity contribution >= 4 is 11.9 Å². The molecule has 0 saturated carbocycles. The fourth-order valence-electron chi connectivity index (χ4n) is 2.91. The van der Waals surface area contributed by atoms with E-state index in [0.29, 0.717) is 6.61 Å². The van der Waals surface area contributed by atoms with Crippen LogP contribution in [0.2, 0.25) is 0 Å². The van der Waals surface area contributed by atoms with Crippen LogP contribution < -0.4 is 10.9 Å². The Labute approximate surface area is 143 Å². The Hall–Kier alpha value is -2.93. The van der Waals surface area contributed by atoms with Gasteiger partial charge in [-0.3, -0.25) is 14.4 Å². The zero-order valence-electron chi connectivity index (χ0n) is 13.5. The van der Waals surface area contributed by atoms with Crippen LogP contribution in [0.1, 0.15) is 27.6 Å². The molecule has 0 radical (unpaired) electrons. The van der Waals surface area contributed by atoms with E-state index in [2.05, 4.69) is 5.32 Å². The molecular formula is C18H18N2O5. The highest BCUT2D eigenvalue weighted by atomic mass is 16.5. The summed E-state index contributed by atoms with van der Waals surface area (Å²) in [5.74, 6) is -1.69. The summed E-state index contributed by atoms with van der Waals surface area (Å²) in [5.41, 5.74) is 1.50. The van der Waals surface area contributed by atoms with Crippen molar-refractivity contribution in [2.75, 3.05) is 13.2 Å². The lowest BCUT2D eigenvalue weighted by Crippen LogP contribution is -2.36. The number of fused-ring (bicyclic) bond motifs is 1. The average Bonchev–Trinajstić information content (AvgIpc) is 2.61. The second-order valence-electron chi connectivity index (χ2n) is 5.77. The number of carboxylic acid groups (broad SMARTS) is 1. The van der Waals surface area contributed by atoms with Crippen molar-refractivity contribution in [3.05, 3.63) is 69.6 Å². The molecule has 7 nitrogen and oxygen atoms in total. The number of carboxylic acids is 1. The van der Waals surface area contributed by atoms with Crippen LogP contribution in [-0.4, -0.2) is 34.7 Å². The quantitative estimate of drug-likeness (QED) is 0.844. The third-order valence-electron chi connectivity index (χ3n) is 4.11. The topological polar surface area (TPSA) is 97.6 Å². The first-order valence-electron chi connectivity index (χ1n) is 7.95. The lowest BCUT2D eigenvalue weighted by molar-refractivity contribution is -0.137. The Morgan fingerprint density at radius 1 is 1.24 bits per heavy atom. The molecule has 3 rings (SSSR count). The number of hydrogen-bond acceptors (Lipinski definition) is 4. The predicted octanol–water partition coefficient (Wildman–Crippen LogP) is 0.977. The summed E-state index contributed by atoms with van der Waals surface area (Å²) in [6, 6.07) is 10.7. The van der Waals surface area contributed by atoms with Crippen molar-refractivity contribution in [3.8, 4) is 0 Å². The Morgan fingerprint density at radius 3 is 2.84 bits per heavy atom. The van der Waals surface area contributed by atoms with E-state index in [-0.39, 0.29) is 18.2 Å². The van der Waals surface area contributed by atoms with E-state index in [0.717, 1.165) is 16.6 Å². The molecule has 7 heteroatoms. The number of aromatic nitrogens is 1. The molecule has 1 aliphatic rings. The summed E-state index contributed by atoms with van der Waals surface area (Å²) < 4.78 is 6.71. The molecule has 0 fully saturated rings. The molecule has 1 atom stereocenters. The third kappa shape index (κ3) is 3.77. The van der Waals surface area contributed by atoms with Crippen LogP contribution in [0.15, 0.2) is 47.4 Å². The Balaban J connectivity index is 1.72. The highest BCUT2D eigenvalue weighted by molar-refractivity contribution is 5.93. The molecule has 25 heavy (non-hydrogen) atoms. The van der Waals surface area contributed by atoms with Crippen molar-refractivity contribution in [1.29, 1.82) is 0 Å². The number of carbonyl (C=O) groups excluding carboxylic acids is 1. The normalized spacial score (nSPS) is 16.1. The van der Waals surface area contributed by atoms with Crippen LogP contribution in [0, 0.1) is 0 Å². The van der Waals surface area contributed by atoms with Crippen LogP contribution in [-0.2, 0) is 22.5 Å². The fraction of sp³-hybridized carbons (Fsp3) is 0.278. The van der Waals surface area contributed by atoms with Gasteiger partial charge < -0.3 is 19.7 Å². The lowest BCUT2D eigenvalue weighted by atomic mass is 9.97. The number of hydrogen-bond donors (Lipinski definition) is 2. The van der Waals surface area contributed by atoms with E-state index in [9.17, 15) is 14.4 Å². The van der Waals surface area contributed by atoms with E-state index < -0.39 is 24.0 Å². The number of nitrogens with zero attached hydrogens (tertiary/aromatic N) is 1. The molecule has 1 aromatic heterocycles. The van der Waals surface area contributed by atoms with Gasteiger partial charge in [0, 0.05) is 12.7 Å². The van der Waals surface area contributed by atoms with Crippen molar-refractivity contribution in [1.82, 2.24) is 9.88 Å². The van der Waals surface area contributed by atoms with Crippen LogP contribution in [0.25, 0.3) is 0 Å². The van der Waals surface area contributed by atoms with Gasteiger partial charge in [0.2, 0.25) is 0 Å². The summed E-state index contributed by atoms with van der Waals surface area (Å²) >= 11 is 0.